The molecule has 0 spiro atoms. The van der Waals surface area contributed by atoms with Gasteiger partial charge in [-0.1, -0.05) is 0 Å². The van der Waals surface area contributed by atoms with Crippen molar-refractivity contribution >= 4 is 28.5 Å². The van der Waals surface area contributed by atoms with Gasteiger partial charge in [0.1, 0.15) is 6.04 Å². The summed E-state index contributed by atoms with van der Waals surface area (Å²) >= 11 is 0. The minimum Gasteiger partial charge on any atom is -0.318 e. The number of carbonyl (C=O) groups is 2. The summed E-state index contributed by atoms with van der Waals surface area (Å²) in [6.07, 6.45) is 2.07. The number of piperidine rings is 1. The van der Waals surface area contributed by atoms with Crippen LogP contribution in [0.5, 0.6) is 0 Å². The molecule has 1 saturated heterocycles. The number of hydrogen-bond acceptors (Lipinski definition) is 5. The normalized spacial score (nSPS) is 19.1. The Labute approximate surface area is 112 Å². The zero-order chi connectivity index (χ0) is 14.3. The predicted octanol–water partition coefficient (Wildman–Crippen LogP) is 0.922. The van der Waals surface area contributed by atoms with E-state index in [0.717, 1.165) is 0 Å². The van der Waals surface area contributed by atoms with Crippen LogP contribution in [-0.4, -0.2) is 26.3 Å². The number of nitro groups is 1. The van der Waals surface area contributed by atoms with E-state index in [9.17, 15) is 19.7 Å². The Hall–Kier alpha value is -2.77. The van der Waals surface area contributed by atoms with E-state index in [-0.39, 0.29) is 18.0 Å². The fraction of sp³-hybridized carbons (Fsp3) is 0.250. The predicted molar refractivity (Wildman–Crippen MR) is 67.8 cm³/mol. The third-order valence-corrected chi connectivity index (χ3v) is 3.32. The Balaban J connectivity index is 2.07. The average Bonchev–Trinajstić information content (AvgIpc) is 2.81. The third-order valence-electron chi connectivity index (χ3n) is 3.32. The van der Waals surface area contributed by atoms with Crippen molar-refractivity contribution in [2.75, 3.05) is 0 Å². The second-order valence-corrected chi connectivity index (χ2v) is 4.55. The number of carbonyl (C=O) groups excluding carboxylic acids is 2. The van der Waals surface area contributed by atoms with E-state index in [1.165, 1.54) is 24.5 Å². The molecular weight excluding hydrogens is 264 g/mol. The van der Waals surface area contributed by atoms with Gasteiger partial charge in [-0.3, -0.25) is 25.0 Å². The Morgan fingerprint density at radius 3 is 2.90 bits per heavy atom. The van der Waals surface area contributed by atoms with Gasteiger partial charge in [-0.2, -0.15) is 0 Å². The van der Waals surface area contributed by atoms with Crippen LogP contribution in [0.2, 0.25) is 0 Å². The van der Waals surface area contributed by atoms with Crippen LogP contribution in [-0.2, 0) is 9.59 Å². The molecule has 2 heterocycles. The molecule has 20 heavy (non-hydrogen) atoms. The summed E-state index contributed by atoms with van der Waals surface area (Å²) < 4.78 is 1.57. The summed E-state index contributed by atoms with van der Waals surface area (Å²) in [5.74, 6) is -0.714. The molecule has 1 aromatic heterocycles. The third kappa shape index (κ3) is 1.91. The summed E-state index contributed by atoms with van der Waals surface area (Å²) in [4.78, 5) is 37.4. The number of imide groups is 1. The van der Waals surface area contributed by atoms with Crippen LogP contribution in [0.15, 0.2) is 24.5 Å². The van der Waals surface area contributed by atoms with Gasteiger partial charge >= 0.3 is 0 Å². The van der Waals surface area contributed by atoms with Crippen molar-refractivity contribution in [3.05, 3.63) is 34.6 Å². The van der Waals surface area contributed by atoms with E-state index in [2.05, 4.69) is 10.3 Å². The Kier molecular flexibility index (Phi) is 2.70. The lowest BCUT2D eigenvalue weighted by molar-refractivity contribution is -0.384. The van der Waals surface area contributed by atoms with E-state index in [1.807, 2.05) is 0 Å². The molecule has 1 fully saturated rings. The molecular formula is C12H10N4O4. The number of nitrogens with one attached hydrogen (secondary N) is 1. The lowest BCUT2D eigenvalue weighted by Gasteiger charge is -2.22. The number of nitrogens with zero attached hydrogens (tertiary/aromatic N) is 3. The van der Waals surface area contributed by atoms with Gasteiger partial charge < -0.3 is 4.57 Å². The van der Waals surface area contributed by atoms with Crippen LogP contribution in [0.3, 0.4) is 0 Å². The maximum Gasteiger partial charge on any atom is 0.271 e. The zero-order valence-electron chi connectivity index (χ0n) is 10.3. The molecule has 0 bridgehead atoms. The first-order valence-corrected chi connectivity index (χ1v) is 6.01. The molecule has 8 nitrogen and oxygen atoms in total. The molecule has 2 amide bonds. The molecule has 3 rings (SSSR count). The Morgan fingerprint density at radius 2 is 2.20 bits per heavy atom. The van der Waals surface area contributed by atoms with Gasteiger partial charge in [-0.05, 0) is 12.5 Å². The first-order chi connectivity index (χ1) is 9.56. The van der Waals surface area contributed by atoms with Gasteiger partial charge in [0.2, 0.25) is 11.8 Å². The van der Waals surface area contributed by atoms with Crippen LogP contribution in [0.25, 0.3) is 11.0 Å². The van der Waals surface area contributed by atoms with Gasteiger partial charge in [0.15, 0.2) is 0 Å². The molecule has 1 aliphatic heterocycles. The van der Waals surface area contributed by atoms with Crippen LogP contribution in [0.1, 0.15) is 18.9 Å². The molecule has 2 aromatic rings. The number of non-ortho nitro benzene ring substituents is 1. The van der Waals surface area contributed by atoms with Gasteiger partial charge in [0.05, 0.1) is 22.3 Å². The van der Waals surface area contributed by atoms with Crippen molar-refractivity contribution in [1.29, 1.82) is 0 Å². The first kappa shape index (κ1) is 12.3. The topological polar surface area (TPSA) is 107 Å². The zero-order valence-corrected chi connectivity index (χ0v) is 10.3. The minimum absolute atomic E-state index is 0.0634. The average molecular weight is 274 g/mol. The molecule has 0 saturated carbocycles. The number of hydrogen-bond donors (Lipinski definition) is 1. The largest absolute Gasteiger partial charge is 0.318 e. The van der Waals surface area contributed by atoms with E-state index < -0.39 is 16.9 Å². The molecule has 0 radical (unpaired) electrons. The lowest BCUT2D eigenvalue weighted by Crippen LogP contribution is -2.41. The number of fused-ring (bicyclic) bond motifs is 1. The highest BCUT2D eigenvalue weighted by Gasteiger charge is 2.29. The molecule has 1 aromatic carbocycles. The van der Waals surface area contributed by atoms with E-state index >= 15 is 0 Å². The number of benzene rings is 1. The molecule has 8 heteroatoms. The maximum absolute atomic E-state index is 11.9. The minimum atomic E-state index is -0.570. The molecule has 1 aliphatic rings. The fourth-order valence-corrected chi connectivity index (χ4v) is 2.32. The number of nitro benzene ring substituents is 1. The van der Waals surface area contributed by atoms with E-state index in [0.29, 0.717) is 17.5 Å². The van der Waals surface area contributed by atoms with Crippen molar-refractivity contribution in [1.82, 2.24) is 14.9 Å². The molecule has 0 aliphatic carbocycles. The SMILES string of the molecule is O=C1CCC(n2cnc3ccc([N+](=O)[O-])cc32)C(=O)N1. The van der Waals surface area contributed by atoms with Crippen molar-refractivity contribution in [3.8, 4) is 0 Å². The summed E-state index contributed by atoms with van der Waals surface area (Å²) in [6, 6.07) is 3.71. The highest BCUT2D eigenvalue weighted by Crippen LogP contribution is 2.26. The van der Waals surface area contributed by atoms with Crippen LogP contribution in [0.4, 0.5) is 5.69 Å². The number of imidazole rings is 1. The van der Waals surface area contributed by atoms with E-state index in [4.69, 9.17) is 0 Å². The monoisotopic (exact) mass is 274 g/mol. The van der Waals surface area contributed by atoms with Crippen molar-refractivity contribution in [2.45, 2.75) is 18.9 Å². The number of rotatable bonds is 2. The number of amides is 2. The summed E-state index contributed by atoms with van der Waals surface area (Å²) in [5, 5.41) is 13.1. The van der Waals surface area contributed by atoms with Crippen molar-refractivity contribution in [3.63, 3.8) is 0 Å². The number of aromatic nitrogens is 2. The highest BCUT2D eigenvalue weighted by atomic mass is 16.6. The van der Waals surface area contributed by atoms with Crippen molar-refractivity contribution < 1.29 is 14.5 Å². The van der Waals surface area contributed by atoms with Gasteiger partial charge in [0, 0.05) is 18.6 Å². The van der Waals surface area contributed by atoms with Gasteiger partial charge in [-0.15, -0.1) is 0 Å². The highest BCUT2D eigenvalue weighted by molar-refractivity contribution is 6.00. The fourth-order valence-electron chi connectivity index (χ4n) is 2.32. The standard InChI is InChI=1S/C12H10N4O4/c17-11-4-3-9(12(18)14-11)15-6-13-8-2-1-7(16(19)20)5-10(8)15/h1-2,5-6,9H,3-4H2,(H,14,17,18). The first-order valence-electron chi connectivity index (χ1n) is 6.01. The lowest BCUT2D eigenvalue weighted by atomic mass is 10.1. The summed E-state index contributed by atoms with van der Waals surface area (Å²) in [6.45, 7) is 0. The second-order valence-electron chi connectivity index (χ2n) is 4.55. The summed E-state index contributed by atoms with van der Waals surface area (Å²) in [7, 11) is 0. The summed E-state index contributed by atoms with van der Waals surface area (Å²) in [5.41, 5.74) is 1.01. The molecule has 1 atom stereocenters. The smallest absolute Gasteiger partial charge is 0.271 e. The van der Waals surface area contributed by atoms with Gasteiger partial charge in [-0.25, -0.2) is 4.98 Å². The second kappa shape index (κ2) is 4.41. The van der Waals surface area contributed by atoms with Crippen molar-refractivity contribution in [2.24, 2.45) is 0 Å². The molecule has 1 N–H and O–H groups in total. The van der Waals surface area contributed by atoms with Crippen LogP contribution < -0.4 is 5.32 Å². The Bertz CT molecular complexity index is 736. The van der Waals surface area contributed by atoms with E-state index in [1.54, 1.807) is 4.57 Å². The van der Waals surface area contributed by atoms with Gasteiger partial charge in [0.25, 0.3) is 5.69 Å². The Morgan fingerprint density at radius 1 is 1.40 bits per heavy atom. The van der Waals surface area contributed by atoms with Crippen LogP contribution in [0, 0.1) is 10.1 Å². The maximum atomic E-state index is 11.9. The molecule has 102 valence electrons. The molecule has 1 unspecified atom stereocenters. The van der Waals surface area contributed by atoms with Crippen LogP contribution >= 0.6 is 0 Å². The quantitative estimate of drug-likeness (QED) is 0.498.